The van der Waals surface area contributed by atoms with Gasteiger partial charge < -0.3 is 5.73 Å². The van der Waals surface area contributed by atoms with Crippen LogP contribution in [0.25, 0.3) is 11.1 Å². The quantitative estimate of drug-likeness (QED) is 0.838. The van der Waals surface area contributed by atoms with Crippen molar-refractivity contribution in [2.24, 2.45) is 0 Å². The van der Waals surface area contributed by atoms with Crippen LogP contribution in [-0.2, 0) is 0 Å². The summed E-state index contributed by atoms with van der Waals surface area (Å²) in [6.45, 7) is 4.18. The van der Waals surface area contributed by atoms with E-state index >= 15 is 0 Å². The SMILES string of the molecule is CC(C)c1[nH]nc(N)c1-c1ccccc1Cl. The number of aromatic nitrogens is 2. The number of nitrogens with two attached hydrogens (primary N) is 1. The van der Waals surface area contributed by atoms with E-state index in [0.717, 1.165) is 16.8 Å². The van der Waals surface area contributed by atoms with Crippen LogP contribution < -0.4 is 5.73 Å². The van der Waals surface area contributed by atoms with Crippen LogP contribution in [-0.4, -0.2) is 10.2 Å². The van der Waals surface area contributed by atoms with Crippen LogP contribution in [0.1, 0.15) is 25.5 Å². The van der Waals surface area contributed by atoms with E-state index in [0.29, 0.717) is 16.8 Å². The lowest BCUT2D eigenvalue weighted by atomic mass is 9.99. The van der Waals surface area contributed by atoms with E-state index in [-0.39, 0.29) is 0 Å². The maximum Gasteiger partial charge on any atom is 0.153 e. The summed E-state index contributed by atoms with van der Waals surface area (Å²) in [5.74, 6) is 0.827. The Kier molecular flexibility index (Phi) is 2.88. The first-order valence-corrected chi connectivity index (χ1v) is 5.57. The minimum absolute atomic E-state index is 0.330. The smallest absolute Gasteiger partial charge is 0.153 e. The third-order valence-electron chi connectivity index (χ3n) is 2.54. The van der Waals surface area contributed by atoms with Crippen LogP contribution in [0.4, 0.5) is 5.82 Å². The number of H-pyrrole nitrogens is 1. The van der Waals surface area contributed by atoms with Crippen molar-refractivity contribution in [1.29, 1.82) is 0 Å². The molecule has 0 aliphatic heterocycles. The molecule has 0 amide bonds. The zero-order valence-electron chi connectivity index (χ0n) is 9.29. The Hall–Kier alpha value is -1.48. The maximum atomic E-state index is 6.17. The number of nitrogens with one attached hydrogen (secondary N) is 1. The molecule has 1 heterocycles. The highest BCUT2D eigenvalue weighted by Crippen LogP contribution is 2.36. The molecule has 0 saturated heterocycles. The molecule has 0 fully saturated rings. The van der Waals surface area contributed by atoms with Crippen molar-refractivity contribution in [3.05, 3.63) is 35.0 Å². The molecule has 1 aromatic carbocycles. The normalized spacial score (nSPS) is 11.0. The summed E-state index contributed by atoms with van der Waals surface area (Å²) in [6.07, 6.45) is 0. The number of halogens is 1. The third kappa shape index (κ3) is 1.78. The number of nitrogen functional groups attached to an aromatic ring is 1. The van der Waals surface area contributed by atoms with Gasteiger partial charge in [0.2, 0.25) is 0 Å². The number of aromatic amines is 1. The summed E-state index contributed by atoms with van der Waals surface area (Å²) in [7, 11) is 0. The summed E-state index contributed by atoms with van der Waals surface area (Å²) in [6, 6.07) is 7.65. The van der Waals surface area contributed by atoms with Gasteiger partial charge in [-0.3, -0.25) is 5.10 Å². The van der Waals surface area contributed by atoms with Crippen molar-refractivity contribution >= 4 is 17.4 Å². The Morgan fingerprint density at radius 1 is 1.31 bits per heavy atom. The number of hydrogen-bond acceptors (Lipinski definition) is 2. The van der Waals surface area contributed by atoms with Crippen LogP contribution in [0.15, 0.2) is 24.3 Å². The molecule has 0 radical (unpaired) electrons. The summed E-state index contributed by atoms with van der Waals surface area (Å²) < 4.78 is 0. The van der Waals surface area contributed by atoms with Crippen LogP contribution in [0.2, 0.25) is 5.02 Å². The van der Waals surface area contributed by atoms with Crippen molar-refractivity contribution in [3.63, 3.8) is 0 Å². The third-order valence-corrected chi connectivity index (χ3v) is 2.87. The highest BCUT2D eigenvalue weighted by Gasteiger charge is 2.17. The molecule has 0 aliphatic rings. The Labute approximate surface area is 99.6 Å². The first-order valence-electron chi connectivity index (χ1n) is 5.20. The molecule has 0 unspecified atom stereocenters. The maximum absolute atomic E-state index is 6.17. The molecule has 16 heavy (non-hydrogen) atoms. The molecule has 0 aliphatic carbocycles. The number of hydrogen-bond donors (Lipinski definition) is 2. The fourth-order valence-electron chi connectivity index (χ4n) is 1.74. The van der Waals surface area contributed by atoms with Crippen molar-refractivity contribution in [2.75, 3.05) is 5.73 Å². The second kappa shape index (κ2) is 4.18. The molecule has 2 aromatic rings. The van der Waals surface area contributed by atoms with Crippen LogP contribution in [0.3, 0.4) is 0 Å². The molecular weight excluding hydrogens is 222 g/mol. The predicted octanol–water partition coefficient (Wildman–Crippen LogP) is 3.44. The van der Waals surface area contributed by atoms with Crippen LogP contribution in [0.5, 0.6) is 0 Å². The monoisotopic (exact) mass is 235 g/mol. The van der Waals surface area contributed by atoms with Crippen molar-refractivity contribution in [1.82, 2.24) is 10.2 Å². The van der Waals surface area contributed by atoms with Crippen LogP contribution >= 0.6 is 11.6 Å². The molecule has 0 atom stereocenters. The molecule has 1 aromatic heterocycles. The van der Waals surface area contributed by atoms with E-state index in [1.807, 2.05) is 24.3 Å². The fraction of sp³-hybridized carbons (Fsp3) is 0.250. The van der Waals surface area contributed by atoms with Gasteiger partial charge in [-0.1, -0.05) is 43.6 Å². The lowest BCUT2D eigenvalue weighted by Gasteiger charge is -2.08. The van der Waals surface area contributed by atoms with Gasteiger partial charge in [0.25, 0.3) is 0 Å². The van der Waals surface area contributed by atoms with Gasteiger partial charge in [0, 0.05) is 21.8 Å². The van der Waals surface area contributed by atoms with E-state index < -0.39 is 0 Å². The number of nitrogens with zero attached hydrogens (tertiary/aromatic N) is 1. The first kappa shape index (κ1) is 11.0. The highest BCUT2D eigenvalue weighted by molar-refractivity contribution is 6.33. The molecule has 84 valence electrons. The Bertz CT molecular complexity index is 503. The zero-order valence-corrected chi connectivity index (χ0v) is 10.0. The minimum Gasteiger partial charge on any atom is -0.382 e. The number of anilines is 1. The topological polar surface area (TPSA) is 54.7 Å². The zero-order chi connectivity index (χ0) is 11.7. The fourth-order valence-corrected chi connectivity index (χ4v) is 1.97. The number of rotatable bonds is 2. The van der Waals surface area contributed by atoms with Crippen molar-refractivity contribution in [2.45, 2.75) is 19.8 Å². The van der Waals surface area contributed by atoms with Gasteiger partial charge in [-0.2, -0.15) is 5.10 Å². The van der Waals surface area contributed by atoms with Gasteiger partial charge in [-0.05, 0) is 12.0 Å². The molecule has 3 nitrogen and oxygen atoms in total. The van der Waals surface area contributed by atoms with Crippen molar-refractivity contribution < 1.29 is 0 Å². The van der Waals surface area contributed by atoms with Gasteiger partial charge in [-0.25, -0.2) is 0 Å². The van der Waals surface area contributed by atoms with E-state index in [1.165, 1.54) is 0 Å². The average molecular weight is 236 g/mol. The Morgan fingerprint density at radius 2 is 2.00 bits per heavy atom. The lowest BCUT2D eigenvalue weighted by molar-refractivity contribution is 0.812. The summed E-state index contributed by atoms with van der Waals surface area (Å²) in [4.78, 5) is 0. The predicted molar refractivity (Wildman–Crippen MR) is 67.5 cm³/mol. The molecule has 0 saturated carbocycles. The second-order valence-electron chi connectivity index (χ2n) is 4.03. The van der Waals surface area contributed by atoms with Gasteiger partial charge in [0.1, 0.15) is 0 Å². The molecule has 3 N–H and O–H groups in total. The van der Waals surface area contributed by atoms with E-state index in [1.54, 1.807) is 0 Å². The minimum atomic E-state index is 0.330. The Morgan fingerprint density at radius 3 is 2.62 bits per heavy atom. The second-order valence-corrected chi connectivity index (χ2v) is 4.44. The highest BCUT2D eigenvalue weighted by atomic mass is 35.5. The average Bonchev–Trinajstić information content (AvgIpc) is 2.61. The van der Waals surface area contributed by atoms with E-state index in [2.05, 4.69) is 24.0 Å². The summed E-state index contributed by atoms with van der Waals surface area (Å²) in [5.41, 5.74) is 8.75. The first-order chi connectivity index (χ1) is 7.61. The van der Waals surface area contributed by atoms with Gasteiger partial charge in [-0.15, -0.1) is 0 Å². The molecule has 0 spiro atoms. The standard InChI is InChI=1S/C12H14ClN3/c1-7(2)11-10(12(14)16-15-11)8-5-3-4-6-9(8)13/h3-7H,1-2H3,(H3,14,15,16). The molecular formula is C12H14ClN3. The van der Waals surface area contributed by atoms with Gasteiger partial charge in [0.15, 0.2) is 5.82 Å². The lowest BCUT2D eigenvalue weighted by Crippen LogP contribution is -1.93. The largest absolute Gasteiger partial charge is 0.382 e. The van der Waals surface area contributed by atoms with Gasteiger partial charge in [0.05, 0.1) is 0 Å². The Balaban J connectivity index is 2.64. The van der Waals surface area contributed by atoms with E-state index in [4.69, 9.17) is 17.3 Å². The van der Waals surface area contributed by atoms with Gasteiger partial charge >= 0.3 is 0 Å². The summed E-state index contributed by atoms with van der Waals surface area (Å²) in [5, 5.41) is 7.71. The van der Waals surface area contributed by atoms with Crippen molar-refractivity contribution in [3.8, 4) is 11.1 Å². The van der Waals surface area contributed by atoms with Crippen LogP contribution in [0, 0.1) is 0 Å². The molecule has 0 bridgehead atoms. The molecule has 2 rings (SSSR count). The van der Waals surface area contributed by atoms with E-state index in [9.17, 15) is 0 Å². The number of benzene rings is 1. The molecule has 4 heteroatoms. The summed E-state index contributed by atoms with van der Waals surface area (Å²) >= 11 is 6.17.